The Morgan fingerprint density at radius 1 is 1.23 bits per heavy atom. The first-order valence-corrected chi connectivity index (χ1v) is 8.83. The molecule has 148 valence electrons. The van der Waals surface area contributed by atoms with Crippen LogP contribution in [0, 0.1) is 37.5 Å². The lowest BCUT2D eigenvalue weighted by Gasteiger charge is -2.21. The van der Waals surface area contributed by atoms with Crippen LogP contribution in [0.3, 0.4) is 0 Å². The van der Waals surface area contributed by atoms with Gasteiger partial charge in [0.15, 0.2) is 6.40 Å². The fourth-order valence-corrected chi connectivity index (χ4v) is 2.52. The van der Waals surface area contributed by atoms with Crippen LogP contribution in [-0.2, 0) is 4.74 Å². The quantitative estimate of drug-likeness (QED) is 0.217. The van der Waals surface area contributed by atoms with Gasteiger partial charge in [0.2, 0.25) is 0 Å². The largest absolute Gasteiger partial charge is 0.486 e. The number of benzene rings is 1. The van der Waals surface area contributed by atoms with Crippen LogP contribution in [0.5, 0.6) is 0 Å². The zero-order chi connectivity index (χ0) is 21.9. The molecular weight excluding hydrogens is 380 g/mol. The zero-order valence-electron chi connectivity index (χ0n) is 16.8. The Balaban J connectivity index is 2.56. The third-order valence-electron chi connectivity index (χ3n) is 3.90. The number of nitrogens with zero attached hydrogens (tertiary/aromatic N) is 8. The minimum atomic E-state index is -0.125. The summed E-state index contributed by atoms with van der Waals surface area (Å²) < 4.78 is 6.08. The van der Waals surface area contributed by atoms with E-state index in [1.54, 1.807) is 6.07 Å². The van der Waals surface area contributed by atoms with Crippen LogP contribution in [0.4, 0.5) is 34.6 Å². The molecule has 0 aliphatic heterocycles. The van der Waals surface area contributed by atoms with E-state index in [9.17, 15) is 0 Å². The van der Waals surface area contributed by atoms with Crippen molar-refractivity contribution in [3.8, 4) is 24.3 Å². The predicted octanol–water partition coefficient (Wildman–Crippen LogP) is 4.99. The van der Waals surface area contributed by atoms with Gasteiger partial charge in [-0.1, -0.05) is 23.2 Å². The molecule has 0 aliphatic carbocycles. The van der Waals surface area contributed by atoms with Gasteiger partial charge in [-0.05, 0) is 38.0 Å². The fourth-order valence-electron chi connectivity index (χ4n) is 2.52. The van der Waals surface area contributed by atoms with Gasteiger partial charge in [0, 0.05) is 24.7 Å². The molecular formula is C21H18N8O. The van der Waals surface area contributed by atoms with E-state index >= 15 is 0 Å². The lowest BCUT2D eigenvalue weighted by atomic mass is 10.2. The molecule has 2 aromatic rings. The van der Waals surface area contributed by atoms with Crippen LogP contribution in [0.15, 0.2) is 33.4 Å². The molecule has 0 unspecified atom stereocenters. The number of rotatable bonds is 7. The van der Waals surface area contributed by atoms with Crippen molar-refractivity contribution in [2.24, 2.45) is 15.2 Å². The van der Waals surface area contributed by atoms with Crippen molar-refractivity contribution in [3.63, 3.8) is 0 Å². The first kappa shape index (κ1) is 21.7. The lowest BCUT2D eigenvalue weighted by molar-refractivity contribution is 0.423. The van der Waals surface area contributed by atoms with Crippen molar-refractivity contribution >= 4 is 41.0 Å². The molecule has 0 fully saturated rings. The highest BCUT2D eigenvalue weighted by atomic mass is 16.5. The minimum Gasteiger partial charge on any atom is -0.486 e. The van der Waals surface area contributed by atoms with E-state index in [1.165, 1.54) is 13.5 Å². The summed E-state index contributed by atoms with van der Waals surface area (Å²) in [6, 6.07) is 8.11. The van der Waals surface area contributed by atoms with Gasteiger partial charge in [-0.2, -0.15) is 4.57 Å². The van der Waals surface area contributed by atoms with E-state index in [4.69, 9.17) is 24.3 Å². The molecule has 9 nitrogen and oxygen atoms in total. The van der Waals surface area contributed by atoms with E-state index in [2.05, 4.69) is 66.5 Å². The van der Waals surface area contributed by atoms with Crippen LogP contribution in [0.2, 0.25) is 0 Å². The van der Waals surface area contributed by atoms with Crippen molar-refractivity contribution in [1.82, 2.24) is 9.55 Å². The van der Waals surface area contributed by atoms with Gasteiger partial charge in [0.1, 0.15) is 11.7 Å². The number of methoxy groups -OCH3 is 1. The molecule has 0 saturated carbocycles. The lowest BCUT2D eigenvalue weighted by Crippen LogP contribution is -2.21. The Kier molecular flexibility index (Phi) is 7.71. The van der Waals surface area contributed by atoms with E-state index in [0.29, 0.717) is 11.4 Å². The van der Waals surface area contributed by atoms with Gasteiger partial charge >= 0.3 is 5.95 Å². The number of hydrogen-bond donors (Lipinski definition) is 0. The van der Waals surface area contributed by atoms with Gasteiger partial charge in [-0.3, -0.25) is 0 Å². The molecule has 0 bridgehead atoms. The highest BCUT2D eigenvalue weighted by Gasteiger charge is 2.21. The number of azo groups is 1. The van der Waals surface area contributed by atoms with Crippen molar-refractivity contribution in [1.29, 1.82) is 0 Å². The average molecular weight is 398 g/mol. The van der Waals surface area contributed by atoms with E-state index < -0.39 is 0 Å². The summed E-state index contributed by atoms with van der Waals surface area (Å²) in [5, 5.41) is 8.28. The molecule has 9 heteroatoms. The van der Waals surface area contributed by atoms with Crippen LogP contribution in [0.1, 0.15) is 13.8 Å². The Morgan fingerprint density at radius 2 is 2.00 bits per heavy atom. The van der Waals surface area contributed by atoms with E-state index in [1.807, 2.05) is 12.1 Å². The molecule has 30 heavy (non-hydrogen) atoms. The van der Waals surface area contributed by atoms with Gasteiger partial charge in [-0.25, -0.2) is 4.99 Å². The Morgan fingerprint density at radius 3 is 2.60 bits per heavy atom. The average Bonchev–Trinajstić information content (AvgIpc) is 3.12. The monoisotopic (exact) mass is 398 g/mol. The van der Waals surface area contributed by atoms with Crippen molar-refractivity contribution < 1.29 is 4.74 Å². The minimum absolute atomic E-state index is 0.0239. The smallest absolute Gasteiger partial charge is 0.430 e. The van der Waals surface area contributed by atoms with Crippen LogP contribution in [-0.4, -0.2) is 36.2 Å². The first-order chi connectivity index (χ1) is 14.6. The van der Waals surface area contributed by atoms with E-state index in [-0.39, 0.29) is 17.6 Å². The summed E-state index contributed by atoms with van der Waals surface area (Å²) in [6.07, 6.45) is 6.47. The molecule has 0 saturated heterocycles. The number of terminal acetylenes is 1. The van der Waals surface area contributed by atoms with E-state index in [0.717, 1.165) is 23.3 Å². The zero-order valence-corrected chi connectivity index (χ0v) is 16.8. The second-order valence-electron chi connectivity index (χ2n) is 5.51. The molecule has 0 amide bonds. The number of aromatic nitrogens is 2. The maximum absolute atomic E-state index is 7.28. The van der Waals surface area contributed by atoms with Crippen LogP contribution >= 0.6 is 0 Å². The van der Waals surface area contributed by atoms with Crippen LogP contribution in [0.25, 0.3) is 9.69 Å². The SMILES string of the molecule is [C-]#[N+]c1nc(N=Nc2ccc(N(CC)CC)cc2/N=C\OC)n(C#CC#C)c1[N+]#[C-]. The Bertz CT molecular complexity index is 1160. The number of aliphatic imine (C=N–C) groups is 1. The Labute approximate surface area is 175 Å². The summed E-state index contributed by atoms with van der Waals surface area (Å²) in [4.78, 5) is 17.0. The second kappa shape index (κ2) is 10.7. The van der Waals surface area contributed by atoms with Crippen molar-refractivity contribution in [2.45, 2.75) is 13.8 Å². The first-order valence-electron chi connectivity index (χ1n) is 8.83. The number of imidazole rings is 1. The third-order valence-corrected chi connectivity index (χ3v) is 3.90. The number of hydrogen-bond acceptors (Lipinski definition) is 6. The molecule has 0 radical (unpaired) electrons. The maximum atomic E-state index is 7.28. The summed E-state index contributed by atoms with van der Waals surface area (Å²) in [7, 11) is 1.50. The summed E-state index contributed by atoms with van der Waals surface area (Å²) in [6.45, 7) is 20.3. The summed E-state index contributed by atoms with van der Waals surface area (Å²) >= 11 is 0. The van der Waals surface area contributed by atoms with Gasteiger partial charge < -0.3 is 19.3 Å². The number of anilines is 1. The number of ether oxygens (including phenoxy) is 1. The molecule has 1 aromatic heterocycles. The summed E-state index contributed by atoms with van der Waals surface area (Å²) in [5.74, 6) is 4.33. The molecule has 0 N–H and O–H groups in total. The summed E-state index contributed by atoms with van der Waals surface area (Å²) in [5.41, 5.74) is 1.97. The van der Waals surface area contributed by atoms with Crippen molar-refractivity contribution in [3.05, 3.63) is 41.0 Å². The fraction of sp³-hybridized carbons (Fsp3) is 0.238. The maximum Gasteiger partial charge on any atom is 0.430 e. The van der Waals surface area contributed by atoms with Crippen molar-refractivity contribution in [2.75, 3.05) is 25.1 Å². The topological polar surface area (TPSA) is 76.1 Å². The normalized spacial score (nSPS) is 10.1. The predicted molar refractivity (Wildman–Crippen MR) is 116 cm³/mol. The molecule has 0 aliphatic rings. The van der Waals surface area contributed by atoms with Gasteiger partial charge in [0.25, 0.3) is 11.6 Å². The molecule has 1 heterocycles. The highest BCUT2D eigenvalue weighted by molar-refractivity contribution is 5.73. The second-order valence-corrected chi connectivity index (χ2v) is 5.51. The molecule has 1 aromatic carbocycles. The molecule has 0 atom stereocenters. The molecule has 0 spiro atoms. The van der Waals surface area contributed by atoms with Crippen LogP contribution < -0.4 is 4.90 Å². The third kappa shape index (κ3) is 4.81. The Hall–Kier alpha value is -4.60. The van der Waals surface area contributed by atoms with Gasteiger partial charge in [-0.15, -0.1) is 11.5 Å². The molecule has 2 rings (SSSR count). The highest BCUT2D eigenvalue weighted by Crippen LogP contribution is 2.36. The standard InChI is InChI=1S/C21H18N8O/c1-7-10-13-29-20(23-5)19(22-4)25-21(29)27-26-17-12-11-16(28(8-2)9-3)14-18(17)24-15-30-6/h1,11-12,14-15H,8-9H2,2-3,6H3/b24-15-,27-26?. The van der Waals surface area contributed by atoms with Gasteiger partial charge in [0.05, 0.1) is 12.8 Å².